The number of hydrogen-bond acceptors (Lipinski definition) is 2. The van der Waals surface area contributed by atoms with E-state index in [4.69, 9.17) is 0 Å². The number of guanidine groups is 1. The topological polar surface area (TPSA) is 59.2 Å². The first-order valence-electron chi connectivity index (χ1n) is 9.22. The molecule has 3 aromatic rings. The van der Waals surface area contributed by atoms with Crippen molar-refractivity contribution in [3.63, 3.8) is 0 Å². The number of hydrogen-bond donors (Lipinski definition) is 2. The number of para-hydroxylation sites is 1. The normalized spacial score (nSPS) is 13.1. The summed E-state index contributed by atoms with van der Waals surface area (Å²) >= 11 is 0. The van der Waals surface area contributed by atoms with Gasteiger partial charge in [0.2, 0.25) is 0 Å². The summed E-state index contributed by atoms with van der Waals surface area (Å²) < 4.78 is 4.27. The first kappa shape index (κ1) is 18.0. The van der Waals surface area contributed by atoms with E-state index in [0.29, 0.717) is 5.92 Å². The van der Waals surface area contributed by atoms with Crippen LogP contribution in [0.15, 0.2) is 60.0 Å². The van der Waals surface area contributed by atoms with Gasteiger partial charge in [0.25, 0.3) is 0 Å². The number of nitrogens with zero attached hydrogens (tertiary/aromatic N) is 4. The molecule has 1 atom stereocenters. The number of aliphatic imine (C=N–C) groups is 1. The molecule has 1 unspecified atom stereocenters. The van der Waals surface area contributed by atoms with Gasteiger partial charge in [-0.15, -0.1) is 0 Å². The maximum Gasteiger partial charge on any atom is 0.190 e. The fourth-order valence-electron chi connectivity index (χ4n) is 3.08. The quantitative estimate of drug-likeness (QED) is 0.372. The fraction of sp³-hybridized carbons (Fsp3) is 0.400. The molecule has 3 rings (SSSR count). The number of nitrogens with one attached hydrogen (secondary N) is 2. The van der Waals surface area contributed by atoms with E-state index in [1.54, 1.807) is 0 Å². The van der Waals surface area contributed by atoms with E-state index in [0.717, 1.165) is 38.6 Å². The smallest absolute Gasteiger partial charge is 0.190 e. The van der Waals surface area contributed by atoms with Gasteiger partial charge in [-0.05, 0) is 35.9 Å². The minimum atomic E-state index is 0.472. The number of aromatic nitrogens is 3. The van der Waals surface area contributed by atoms with Crippen LogP contribution in [0.5, 0.6) is 0 Å². The summed E-state index contributed by atoms with van der Waals surface area (Å²) in [5, 5.41) is 12.3. The van der Waals surface area contributed by atoms with Crippen LogP contribution >= 0.6 is 0 Å². The fourth-order valence-corrected chi connectivity index (χ4v) is 3.08. The Morgan fingerprint density at radius 1 is 1.15 bits per heavy atom. The van der Waals surface area contributed by atoms with Gasteiger partial charge in [0.1, 0.15) is 0 Å². The Bertz CT molecular complexity index is 818. The molecule has 2 aromatic heterocycles. The monoisotopic (exact) mass is 352 g/mol. The molecule has 6 nitrogen and oxygen atoms in total. The Hall–Kier alpha value is -2.76. The molecule has 26 heavy (non-hydrogen) atoms. The summed E-state index contributed by atoms with van der Waals surface area (Å²) in [6.07, 6.45) is 7.01. The molecule has 0 bridgehead atoms. The minimum Gasteiger partial charge on any atom is -0.356 e. The van der Waals surface area contributed by atoms with Crippen molar-refractivity contribution >= 4 is 16.9 Å². The third kappa shape index (κ3) is 4.88. The highest BCUT2D eigenvalue weighted by atomic mass is 15.3. The molecular formula is C20H28N6. The van der Waals surface area contributed by atoms with E-state index in [-0.39, 0.29) is 0 Å². The maximum absolute atomic E-state index is 4.31. The summed E-state index contributed by atoms with van der Waals surface area (Å²) in [6.45, 7) is 5.85. The van der Waals surface area contributed by atoms with E-state index in [9.17, 15) is 0 Å². The molecular weight excluding hydrogens is 324 g/mol. The van der Waals surface area contributed by atoms with Gasteiger partial charge in [-0.25, -0.2) is 0 Å². The van der Waals surface area contributed by atoms with Gasteiger partial charge in [0, 0.05) is 57.3 Å². The predicted octanol–water partition coefficient (Wildman–Crippen LogP) is 2.73. The van der Waals surface area contributed by atoms with Crippen LogP contribution in [0, 0.1) is 5.92 Å². The Morgan fingerprint density at radius 3 is 2.85 bits per heavy atom. The third-order valence-electron chi connectivity index (χ3n) is 4.45. The number of rotatable bonds is 8. The van der Waals surface area contributed by atoms with Crippen LogP contribution in [0.25, 0.3) is 10.9 Å². The lowest BCUT2D eigenvalue weighted by molar-refractivity contribution is 0.443. The van der Waals surface area contributed by atoms with E-state index < -0.39 is 0 Å². The van der Waals surface area contributed by atoms with Crippen molar-refractivity contribution in [3.8, 4) is 0 Å². The molecule has 2 heterocycles. The Balaban J connectivity index is 1.37. The predicted molar refractivity (Wildman–Crippen MR) is 107 cm³/mol. The lowest BCUT2D eigenvalue weighted by atomic mass is 10.2. The second-order valence-corrected chi connectivity index (χ2v) is 6.63. The maximum atomic E-state index is 4.31. The van der Waals surface area contributed by atoms with Gasteiger partial charge in [0.05, 0.1) is 0 Å². The van der Waals surface area contributed by atoms with Crippen LogP contribution in [-0.2, 0) is 13.1 Å². The number of aryl methyl sites for hydroxylation is 1. The molecule has 0 radical (unpaired) electrons. The summed E-state index contributed by atoms with van der Waals surface area (Å²) in [7, 11) is 1.81. The zero-order valence-electron chi connectivity index (χ0n) is 15.6. The molecule has 138 valence electrons. The molecule has 2 N–H and O–H groups in total. The summed E-state index contributed by atoms with van der Waals surface area (Å²) in [5.41, 5.74) is 1.29. The van der Waals surface area contributed by atoms with Crippen molar-refractivity contribution in [2.24, 2.45) is 10.9 Å². The molecule has 1 aromatic carbocycles. The Kier molecular flexibility index (Phi) is 6.30. The second kappa shape index (κ2) is 9.08. The van der Waals surface area contributed by atoms with E-state index in [1.165, 1.54) is 10.9 Å². The van der Waals surface area contributed by atoms with Crippen LogP contribution in [-0.4, -0.2) is 40.4 Å². The number of benzene rings is 1. The minimum absolute atomic E-state index is 0.472. The van der Waals surface area contributed by atoms with Crippen molar-refractivity contribution in [2.45, 2.75) is 26.4 Å². The molecule has 0 spiro atoms. The van der Waals surface area contributed by atoms with Gasteiger partial charge < -0.3 is 15.2 Å². The highest BCUT2D eigenvalue weighted by Gasteiger charge is 2.05. The van der Waals surface area contributed by atoms with E-state index >= 15 is 0 Å². The molecule has 0 aliphatic heterocycles. The SMILES string of the molecule is CN=C(NCCCn1ccc2ccccc21)NCC(C)Cn1cccn1. The highest BCUT2D eigenvalue weighted by Crippen LogP contribution is 2.15. The Labute approximate surface area is 154 Å². The first-order valence-corrected chi connectivity index (χ1v) is 9.22. The molecule has 0 amide bonds. The lowest BCUT2D eigenvalue weighted by Crippen LogP contribution is -2.40. The molecule has 0 saturated heterocycles. The van der Waals surface area contributed by atoms with Crippen LogP contribution in [0.4, 0.5) is 0 Å². The van der Waals surface area contributed by atoms with E-state index in [2.05, 4.69) is 68.7 Å². The summed E-state index contributed by atoms with van der Waals surface area (Å²) in [5.74, 6) is 1.33. The van der Waals surface area contributed by atoms with Gasteiger partial charge in [-0.3, -0.25) is 9.67 Å². The largest absolute Gasteiger partial charge is 0.356 e. The zero-order valence-corrected chi connectivity index (χ0v) is 15.6. The van der Waals surface area contributed by atoms with Crippen LogP contribution < -0.4 is 10.6 Å². The van der Waals surface area contributed by atoms with Crippen molar-refractivity contribution in [3.05, 3.63) is 55.0 Å². The van der Waals surface area contributed by atoms with Gasteiger partial charge >= 0.3 is 0 Å². The highest BCUT2D eigenvalue weighted by molar-refractivity contribution is 5.80. The second-order valence-electron chi connectivity index (χ2n) is 6.63. The summed E-state index contributed by atoms with van der Waals surface area (Å²) in [4.78, 5) is 4.31. The Morgan fingerprint density at radius 2 is 2.04 bits per heavy atom. The molecule has 0 aliphatic carbocycles. The molecule has 0 saturated carbocycles. The third-order valence-corrected chi connectivity index (χ3v) is 4.45. The van der Waals surface area contributed by atoms with Gasteiger partial charge in [-0.1, -0.05) is 25.1 Å². The molecule has 6 heteroatoms. The first-order chi connectivity index (χ1) is 12.8. The summed E-state index contributed by atoms with van der Waals surface area (Å²) in [6, 6.07) is 12.6. The van der Waals surface area contributed by atoms with E-state index in [1.807, 2.05) is 30.2 Å². The molecule has 0 aliphatic rings. The van der Waals surface area contributed by atoms with Crippen LogP contribution in [0.3, 0.4) is 0 Å². The standard InChI is InChI=1S/C20H28N6/c1-17(16-26-13-6-11-24-26)15-23-20(21-2)22-10-5-12-25-14-9-18-7-3-4-8-19(18)25/h3-4,6-9,11,13-14,17H,5,10,12,15-16H2,1-2H3,(H2,21,22,23). The van der Waals surface area contributed by atoms with Crippen LogP contribution in [0.2, 0.25) is 0 Å². The van der Waals surface area contributed by atoms with Crippen molar-refractivity contribution in [1.82, 2.24) is 25.0 Å². The van der Waals surface area contributed by atoms with Crippen molar-refractivity contribution in [1.29, 1.82) is 0 Å². The lowest BCUT2D eigenvalue weighted by Gasteiger charge is -2.16. The molecule has 0 fully saturated rings. The zero-order chi connectivity index (χ0) is 18.2. The van der Waals surface area contributed by atoms with Gasteiger partial charge in [0.15, 0.2) is 5.96 Å². The van der Waals surface area contributed by atoms with Crippen molar-refractivity contribution < 1.29 is 0 Å². The van der Waals surface area contributed by atoms with Crippen LogP contribution in [0.1, 0.15) is 13.3 Å². The average molecular weight is 352 g/mol. The van der Waals surface area contributed by atoms with Gasteiger partial charge in [-0.2, -0.15) is 5.10 Å². The number of fused-ring (bicyclic) bond motifs is 1. The average Bonchev–Trinajstić information content (AvgIpc) is 3.31. The van der Waals surface area contributed by atoms with Crippen molar-refractivity contribution in [2.75, 3.05) is 20.1 Å².